The zero-order valence-corrected chi connectivity index (χ0v) is 21.1. The van der Waals surface area contributed by atoms with E-state index in [1.54, 1.807) is 4.90 Å². The van der Waals surface area contributed by atoms with Crippen molar-refractivity contribution in [3.05, 3.63) is 105 Å². The summed E-state index contributed by atoms with van der Waals surface area (Å²) in [4.78, 5) is 28.7. The van der Waals surface area contributed by atoms with Crippen LogP contribution < -0.4 is 5.32 Å². The van der Waals surface area contributed by atoms with E-state index in [0.717, 1.165) is 32.3 Å². The minimum Gasteiger partial charge on any atom is -0.355 e. The molecule has 0 heterocycles. The predicted octanol–water partition coefficient (Wildman–Crippen LogP) is 5.38. The zero-order chi connectivity index (χ0) is 23.8. The van der Waals surface area contributed by atoms with E-state index in [-0.39, 0.29) is 18.2 Å². The van der Waals surface area contributed by atoms with Gasteiger partial charge in [0.05, 0.1) is 6.42 Å². The smallest absolute Gasteiger partial charge is 0.243 e. The molecule has 4 nitrogen and oxygen atoms in total. The quantitative estimate of drug-likeness (QED) is 0.423. The fraction of sp³-hybridized carbons (Fsp3) is 0.286. The third-order valence-corrected chi connectivity index (χ3v) is 6.26. The Kier molecular flexibility index (Phi) is 8.84. The monoisotopic (exact) mass is 506 g/mol. The molecule has 0 aromatic heterocycles. The summed E-state index contributed by atoms with van der Waals surface area (Å²) in [7, 11) is 0. The number of rotatable bonds is 9. The molecule has 33 heavy (non-hydrogen) atoms. The molecule has 0 aliphatic heterocycles. The number of carbonyl (C=O) groups excluding carboxylic acids is 2. The average molecular weight is 507 g/mol. The summed E-state index contributed by atoms with van der Waals surface area (Å²) in [5.74, 6) is -0.188. The number of carbonyl (C=O) groups is 2. The van der Waals surface area contributed by atoms with Crippen molar-refractivity contribution in [2.45, 2.75) is 46.2 Å². The van der Waals surface area contributed by atoms with Crippen LogP contribution >= 0.6 is 15.9 Å². The minimum atomic E-state index is -0.603. The van der Waals surface area contributed by atoms with Gasteiger partial charge in [0.15, 0.2) is 0 Å². The molecule has 0 fully saturated rings. The molecule has 0 bridgehead atoms. The van der Waals surface area contributed by atoms with Crippen LogP contribution in [0.3, 0.4) is 0 Å². The third-order valence-electron chi connectivity index (χ3n) is 5.73. The van der Waals surface area contributed by atoms with Gasteiger partial charge in [-0.2, -0.15) is 0 Å². The van der Waals surface area contributed by atoms with Crippen LogP contribution in [0.5, 0.6) is 0 Å². The number of aryl methyl sites for hydroxylation is 2. The Morgan fingerprint density at radius 2 is 1.64 bits per heavy atom. The third kappa shape index (κ3) is 7.03. The van der Waals surface area contributed by atoms with Crippen molar-refractivity contribution < 1.29 is 9.59 Å². The summed E-state index contributed by atoms with van der Waals surface area (Å²) in [5, 5.41) is 2.94. The maximum atomic E-state index is 13.7. The fourth-order valence-corrected chi connectivity index (χ4v) is 4.15. The lowest BCUT2D eigenvalue weighted by Gasteiger charge is -2.32. The first-order valence-electron chi connectivity index (χ1n) is 11.3. The molecule has 3 rings (SSSR count). The lowest BCUT2D eigenvalue weighted by molar-refractivity contribution is -0.140. The topological polar surface area (TPSA) is 49.4 Å². The van der Waals surface area contributed by atoms with E-state index >= 15 is 0 Å². The minimum absolute atomic E-state index is 0.0567. The lowest BCUT2D eigenvalue weighted by Crippen LogP contribution is -2.51. The second-order valence-corrected chi connectivity index (χ2v) is 9.27. The van der Waals surface area contributed by atoms with Gasteiger partial charge in [0.25, 0.3) is 0 Å². The highest BCUT2D eigenvalue weighted by molar-refractivity contribution is 9.10. The number of amides is 2. The number of halogens is 1. The molecule has 3 aromatic carbocycles. The molecule has 0 saturated heterocycles. The molecule has 1 atom stereocenters. The van der Waals surface area contributed by atoms with Gasteiger partial charge in [-0.25, -0.2) is 0 Å². The first kappa shape index (κ1) is 24.7. The van der Waals surface area contributed by atoms with Gasteiger partial charge >= 0.3 is 0 Å². The van der Waals surface area contributed by atoms with E-state index in [1.165, 1.54) is 0 Å². The van der Waals surface area contributed by atoms with E-state index in [0.29, 0.717) is 19.5 Å². The first-order valence-corrected chi connectivity index (χ1v) is 12.1. The Morgan fingerprint density at radius 3 is 2.30 bits per heavy atom. The molecule has 0 spiro atoms. The predicted molar refractivity (Wildman–Crippen MR) is 137 cm³/mol. The second-order valence-electron chi connectivity index (χ2n) is 8.35. The molecule has 0 aliphatic carbocycles. The molecule has 5 heteroatoms. The number of benzene rings is 3. The van der Waals surface area contributed by atoms with Crippen molar-refractivity contribution in [3.63, 3.8) is 0 Å². The summed E-state index contributed by atoms with van der Waals surface area (Å²) < 4.78 is 0.976. The van der Waals surface area contributed by atoms with Crippen LogP contribution in [0.25, 0.3) is 0 Å². The molecule has 0 radical (unpaired) electrons. The molecule has 172 valence electrons. The van der Waals surface area contributed by atoms with E-state index in [2.05, 4.69) is 33.4 Å². The molecular formula is C28H31BrN2O2. The van der Waals surface area contributed by atoms with Gasteiger partial charge in [0.1, 0.15) is 6.04 Å². The normalized spacial score (nSPS) is 11.6. The number of likely N-dealkylation sites (N-methyl/N-ethyl adjacent to an activating group) is 1. The van der Waals surface area contributed by atoms with Crippen LogP contribution in [-0.2, 0) is 29.0 Å². The number of hydrogen-bond acceptors (Lipinski definition) is 2. The first-order chi connectivity index (χ1) is 15.9. The molecule has 2 amide bonds. The fourth-order valence-electron chi connectivity index (χ4n) is 3.89. The molecule has 1 N–H and O–H groups in total. The summed E-state index contributed by atoms with van der Waals surface area (Å²) in [6, 6.07) is 23.3. The van der Waals surface area contributed by atoms with Crippen molar-refractivity contribution >= 4 is 27.7 Å². The van der Waals surface area contributed by atoms with Gasteiger partial charge in [0.2, 0.25) is 11.8 Å². The van der Waals surface area contributed by atoms with Gasteiger partial charge < -0.3 is 10.2 Å². The van der Waals surface area contributed by atoms with Gasteiger partial charge in [-0.05, 0) is 55.2 Å². The second kappa shape index (κ2) is 11.8. The van der Waals surface area contributed by atoms with Crippen molar-refractivity contribution in [1.82, 2.24) is 10.2 Å². The lowest BCUT2D eigenvalue weighted by atomic mass is 9.99. The van der Waals surface area contributed by atoms with E-state index in [1.807, 2.05) is 81.4 Å². The van der Waals surface area contributed by atoms with Crippen molar-refractivity contribution in [1.29, 1.82) is 0 Å². The number of nitrogens with zero attached hydrogens (tertiary/aromatic N) is 1. The van der Waals surface area contributed by atoms with E-state index < -0.39 is 6.04 Å². The molecule has 0 saturated carbocycles. The maximum Gasteiger partial charge on any atom is 0.243 e. The number of nitrogens with one attached hydrogen (secondary N) is 1. The standard InChI is InChI=1S/C28H31BrN2O2/c1-4-30-28(33)26(17-22-8-6-5-7-9-22)31(19-23-12-14-25(29)15-13-23)27(32)18-24-16-20(2)10-11-21(24)3/h5-16,26H,4,17-19H2,1-3H3,(H,30,33)/t26-/m0/s1. The maximum absolute atomic E-state index is 13.7. The van der Waals surface area contributed by atoms with Crippen LogP contribution in [0.2, 0.25) is 0 Å². The van der Waals surface area contributed by atoms with Crippen LogP contribution in [0.15, 0.2) is 77.3 Å². The van der Waals surface area contributed by atoms with Gasteiger partial charge in [-0.15, -0.1) is 0 Å². The van der Waals surface area contributed by atoms with Gasteiger partial charge in [-0.3, -0.25) is 9.59 Å². The van der Waals surface area contributed by atoms with Crippen molar-refractivity contribution in [3.8, 4) is 0 Å². The SMILES string of the molecule is CCNC(=O)[C@H](Cc1ccccc1)N(Cc1ccc(Br)cc1)C(=O)Cc1cc(C)ccc1C. The Bertz CT molecular complexity index is 1080. The molecular weight excluding hydrogens is 476 g/mol. The van der Waals surface area contributed by atoms with Crippen LogP contribution in [0, 0.1) is 13.8 Å². The molecule has 0 aliphatic rings. The summed E-state index contributed by atoms with van der Waals surface area (Å²) >= 11 is 3.47. The number of hydrogen-bond donors (Lipinski definition) is 1. The van der Waals surface area contributed by atoms with E-state index in [4.69, 9.17) is 0 Å². The Labute approximate surface area is 205 Å². The van der Waals surface area contributed by atoms with Gasteiger partial charge in [-0.1, -0.05) is 82.2 Å². The summed E-state index contributed by atoms with van der Waals surface area (Å²) in [6.07, 6.45) is 0.719. The zero-order valence-electron chi connectivity index (χ0n) is 19.5. The Balaban J connectivity index is 1.97. The molecule has 3 aromatic rings. The Hall–Kier alpha value is -2.92. The molecule has 0 unspecified atom stereocenters. The van der Waals surface area contributed by atoms with Crippen molar-refractivity contribution in [2.24, 2.45) is 0 Å². The summed E-state index contributed by atoms with van der Waals surface area (Å²) in [5.41, 5.74) is 5.20. The van der Waals surface area contributed by atoms with Crippen LogP contribution in [0.4, 0.5) is 0 Å². The Morgan fingerprint density at radius 1 is 0.939 bits per heavy atom. The van der Waals surface area contributed by atoms with Crippen molar-refractivity contribution in [2.75, 3.05) is 6.54 Å². The average Bonchev–Trinajstić information content (AvgIpc) is 2.80. The highest BCUT2D eigenvalue weighted by atomic mass is 79.9. The highest BCUT2D eigenvalue weighted by Crippen LogP contribution is 2.19. The van der Waals surface area contributed by atoms with E-state index in [9.17, 15) is 9.59 Å². The van der Waals surface area contributed by atoms with Crippen LogP contribution in [-0.4, -0.2) is 29.3 Å². The summed E-state index contributed by atoms with van der Waals surface area (Å²) in [6.45, 7) is 6.83. The van der Waals surface area contributed by atoms with Gasteiger partial charge in [0, 0.05) is 24.0 Å². The highest BCUT2D eigenvalue weighted by Gasteiger charge is 2.30. The largest absolute Gasteiger partial charge is 0.355 e. The van der Waals surface area contributed by atoms with Crippen LogP contribution in [0.1, 0.15) is 34.7 Å².